The SMILES string of the molecule is CC(C)C(C#N)N1CCN(C(=O)c2cnc(OCC(F)(F)F)c(Cl)c2)CC1. The van der Waals surface area contributed by atoms with Gasteiger partial charge in [0.15, 0.2) is 6.61 Å². The van der Waals surface area contributed by atoms with Crippen LogP contribution in [-0.4, -0.2) is 65.7 Å². The second kappa shape index (κ2) is 8.76. The fourth-order valence-electron chi connectivity index (χ4n) is 2.84. The van der Waals surface area contributed by atoms with Crippen LogP contribution >= 0.6 is 11.6 Å². The summed E-state index contributed by atoms with van der Waals surface area (Å²) in [6.45, 7) is 4.45. The van der Waals surface area contributed by atoms with Gasteiger partial charge in [0.1, 0.15) is 11.1 Å². The van der Waals surface area contributed by atoms with E-state index in [2.05, 4.69) is 15.8 Å². The number of carbonyl (C=O) groups is 1. The predicted octanol–water partition coefficient (Wildman–Crippen LogP) is 2.98. The first kappa shape index (κ1) is 21.3. The minimum Gasteiger partial charge on any atom is -0.467 e. The van der Waals surface area contributed by atoms with Crippen LogP contribution in [0, 0.1) is 17.2 Å². The Morgan fingerprint density at radius 2 is 2.00 bits per heavy atom. The lowest BCUT2D eigenvalue weighted by Crippen LogP contribution is -2.52. The molecule has 1 aliphatic rings. The Bertz CT molecular complexity index is 713. The summed E-state index contributed by atoms with van der Waals surface area (Å²) in [5, 5.41) is 9.12. The minimum atomic E-state index is -4.50. The summed E-state index contributed by atoms with van der Waals surface area (Å²) in [7, 11) is 0. The van der Waals surface area contributed by atoms with Crippen LogP contribution < -0.4 is 4.74 Å². The van der Waals surface area contributed by atoms with Gasteiger partial charge in [-0.2, -0.15) is 18.4 Å². The van der Waals surface area contributed by atoms with Crippen LogP contribution in [0.5, 0.6) is 5.88 Å². The predicted molar refractivity (Wildman–Crippen MR) is 92.5 cm³/mol. The molecule has 1 aromatic heterocycles. The Morgan fingerprint density at radius 3 is 2.48 bits per heavy atom. The third-order valence-corrected chi connectivity index (χ3v) is 4.46. The average Bonchev–Trinajstić information content (AvgIpc) is 2.60. The maximum Gasteiger partial charge on any atom is 0.422 e. The van der Waals surface area contributed by atoms with E-state index in [1.54, 1.807) is 4.90 Å². The number of nitrogens with zero attached hydrogens (tertiary/aromatic N) is 4. The number of alkyl halides is 3. The molecule has 0 spiro atoms. The van der Waals surface area contributed by atoms with Crippen molar-refractivity contribution in [2.45, 2.75) is 26.1 Å². The number of pyridine rings is 1. The molecule has 10 heteroatoms. The molecule has 0 bridgehead atoms. The van der Waals surface area contributed by atoms with E-state index in [0.717, 1.165) is 6.20 Å². The molecule has 0 radical (unpaired) electrons. The molecule has 0 aromatic carbocycles. The highest BCUT2D eigenvalue weighted by molar-refractivity contribution is 6.32. The quantitative estimate of drug-likeness (QED) is 0.754. The van der Waals surface area contributed by atoms with E-state index < -0.39 is 12.8 Å². The summed E-state index contributed by atoms with van der Waals surface area (Å²) in [6.07, 6.45) is -3.35. The van der Waals surface area contributed by atoms with Crippen molar-refractivity contribution in [2.75, 3.05) is 32.8 Å². The molecule has 6 nitrogen and oxygen atoms in total. The van der Waals surface area contributed by atoms with Crippen molar-refractivity contribution in [3.8, 4) is 11.9 Å². The fraction of sp³-hybridized carbons (Fsp3) is 0.588. The minimum absolute atomic E-state index is 0.159. The van der Waals surface area contributed by atoms with Crippen LogP contribution in [0.2, 0.25) is 5.02 Å². The lowest BCUT2D eigenvalue weighted by atomic mass is 10.0. The molecule has 2 heterocycles. The highest BCUT2D eigenvalue weighted by atomic mass is 35.5. The number of hydrogen-bond donors (Lipinski definition) is 0. The van der Waals surface area contributed by atoms with Gasteiger partial charge >= 0.3 is 6.18 Å². The summed E-state index contributed by atoms with van der Waals surface area (Å²) in [5.41, 5.74) is 0.175. The highest BCUT2D eigenvalue weighted by Crippen LogP contribution is 2.25. The Balaban J connectivity index is 1.99. The second-order valence-corrected chi connectivity index (χ2v) is 6.97. The van der Waals surface area contributed by atoms with Crippen LogP contribution in [0.25, 0.3) is 0 Å². The molecule has 0 N–H and O–H groups in total. The third kappa shape index (κ3) is 5.71. The smallest absolute Gasteiger partial charge is 0.422 e. The zero-order chi connectivity index (χ0) is 20.2. The zero-order valence-electron chi connectivity index (χ0n) is 15.0. The number of halogens is 4. The van der Waals surface area contributed by atoms with E-state index in [-0.39, 0.29) is 34.3 Å². The number of piperazine rings is 1. The number of aromatic nitrogens is 1. The summed E-state index contributed by atoms with van der Waals surface area (Å²) >= 11 is 5.89. The van der Waals surface area contributed by atoms with Crippen LogP contribution in [0.15, 0.2) is 12.3 Å². The molecule has 148 valence electrons. The number of rotatable bonds is 5. The standard InChI is InChI=1S/C17H20ClF3N4O2/c1-11(2)14(8-22)24-3-5-25(6-4-24)16(26)12-7-13(18)15(23-9-12)27-10-17(19,20)21/h7,9,11,14H,3-6,10H2,1-2H3. The monoisotopic (exact) mass is 404 g/mol. The highest BCUT2D eigenvalue weighted by Gasteiger charge is 2.30. The largest absolute Gasteiger partial charge is 0.467 e. The molecule has 27 heavy (non-hydrogen) atoms. The van der Waals surface area contributed by atoms with Crippen molar-refractivity contribution in [1.82, 2.24) is 14.8 Å². The second-order valence-electron chi connectivity index (χ2n) is 6.56. The van der Waals surface area contributed by atoms with E-state index in [0.29, 0.717) is 26.2 Å². The van der Waals surface area contributed by atoms with Gasteiger partial charge in [0, 0.05) is 32.4 Å². The Morgan fingerprint density at radius 1 is 1.37 bits per heavy atom. The maximum atomic E-state index is 12.6. The van der Waals surface area contributed by atoms with Gasteiger partial charge in [0.25, 0.3) is 5.91 Å². The molecule has 1 aliphatic heterocycles. The summed E-state index contributed by atoms with van der Waals surface area (Å²) in [4.78, 5) is 19.9. The Hall–Kier alpha value is -2.05. The van der Waals surface area contributed by atoms with Gasteiger partial charge in [-0.1, -0.05) is 25.4 Å². The number of amides is 1. The van der Waals surface area contributed by atoms with Crippen LogP contribution in [-0.2, 0) is 0 Å². The number of hydrogen-bond acceptors (Lipinski definition) is 5. The first-order valence-electron chi connectivity index (χ1n) is 8.40. The molecule has 1 unspecified atom stereocenters. The molecule has 1 atom stereocenters. The van der Waals surface area contributed by atoms with Crippen molar-refractivity contribution in [3.05, 3.63) is 22.8 Å². The van der Waals surface area contributed by atoms with Gasteiger partial charge in [-0.15, -0.1) is 0 Å². The van der Waals surface area contributed by atoms with E-state index in [4.69, 9.17) is 11.6 Å². The first-order chi connectivity index (χ1) is 12.6. The van der Waals surface area contributed by atoms with Crippen LogP contribution in [0.1, 0.15) is 24.2 Å². The van der Waals surface area contributed by atoms with Crippen LogP contribution in [0.3, 0.4) is 0 Å². The normalized spacial score (nSPS) is 16.9. The Kier molecular flexibility index (Phi) is 6.89. The number of carbonyl (C=O) groups excluding carboxylic acids is 1. The maximum absolute atomic E-state index is 12.6. The molecule has 1 amide bonds. The third-order valence-electron chi connectivity index (χ3n) is 4.19. The van der Waals surface area contributed by atoms with Crippen LogP contribution in [0.4, 0.5) is 13.2 Å². The van der Waals surface area contributed by atoms with Gasteiger partial charge in [-0.25, -0.2) is 4.98 Å². The van der Waals surface area contributed by atoms with E-state index in [9.17, 15) is 23.2 Å². The molecular weight excluding hydrogens is 385 g/mol. The van der Waals surface area contributed by atoms with Gasteiger partial charge < -0.3 is 9.64 Å². The molecule has 1 saturated heterocycles. The van der Waals surface area contributed by atoms with Crippen molar-refractivity contribution in [1.29, 1.82) is 5.26 Å². The lowest BCUT2D eigenvalue weighted by molar-refractivity contribution is -0.154. The van der Waals surface area contributed by atoms with Crippen molar-refractivity contribution >= 4 is 17.5 Å². The van der Waals surface area contributed by atoms with E-state index >= 15 is 0 Å². The van der Waals surface area contributed by atoms with Gasteiger partial charge in [0.05, 0.1) is 11.6 Å². The van der Waals surface area contributed by atoms with E-state index in [1.807, 2.05) is 18.7 Å². The van der Waals surface area contributed by atoms with Crippen molar-refractivity contribution in [2.24, 2.45) is 5.92 Å². The number of ether oxygens (including phenoxy) is 1. The molecular formula is C17H20ClF3N4O2. The summed E-state index contributed by atoms with van der Waals surface area (Å²) in [5.74, 6) is -0.502. The fourth-order valence-corrected chi connectivity index (χ4v) is 3.06. The summed E-state index contributed by atoms with van der Waals surface area (Å²) < 4.78 is 41.1. The average molecular weight is 405 g/mol. The van der Waals surface area contributed by atoms with Crippen molar-refractivity contribution in [3.63, 3.8) is 0 Å². The zero-order valence-corrected chi connectivity index (χ0v) is 15.7. The first-order valence-corrected chi connectivity index (χ1v) is 8.78. The summed E-state index contributed by atoms with van der Waals surface area (Å²) in [6, 6.07) is 3.33. The van der Waals surface area contributed by atoms with E-state index in [1.165, 1.54) is 6.07 Å². The molecule has 0 aliphatic carbocycles. The van der Waals surface area contributed by atoms with Gasteiger partial charge in [-0.3, -0.25) is 9.69 Å². The van der Waals surface area contributed by atoms with Crippen molar-refractivity contribution < 1.29 is 22.7 Å². The Labute approximate surface area is 160 Å². The molecule has 2 rings (SSSR count). The molecule has 1 aromatic rings. The number of nitriles is 1. The molecule has 1 fully saturated rings. The van der Waals surface area contributed by atoms with Gasteiger partial charge in [0.2, 0.25) is 5.88 Å². The van der Waals surface area contributed by atoms with Gasteiger partial charge in [-0.05, 0) is 12.0 Å². The topological polar surface area (TPSA) is 69.5 Å². The lowest BCUT2D eigenvalue weighted by Gasteiger charge is -2.38. The molecule has 0 saturated carbocycles.